The van der Waals surface area contributed by atoms with Crippen LogP contribution in [0.5, 0.6) is 5.75 Å². The number of H-pyrrole nitrogens is 1. The molecule has 2 heterocycles. The number of nitro groups is 1. The van der Waals surface area contributed by atoms with E-state index in [1.807, 2.05) is 25.1 Å². The molecule has 4 aromatic rings. The summed E-state index contributed by atoms with van der Waals surface area (Å²) in [7, 11) is 1.46. The van der Waals surface area contributed by atoms with Crippen molar-refractivity contribution in [3.05, 3.63) is 90.6 Å². The number of ether oxygens (including phenoxy) is 1. The minimum atomic E-state index is -1.03. The van der Waals surface area contributed by atoms with Crippen LogP contribution in [-0.2, 0) is 13.6 Å². The third kappa shape index (κ3) is 5.41. The van der Waals surface area contributed by atoms with E-state index in [9.17, 15) is 24.8 Å². The number of aliphatic hydroxyl groups is 1. The Kier molecular flexibility index (Phi) is 7.15. The first kappa shape index (κ1) is 25.3. The second-order valence-electron chi connectivity index (χ2n) is 8.38. The molecule has 0 unspecified atom stereocenters. The minimum Gasteiger partial charge on any atom is -0.491 e. The molecular weight excluding hydrogens is 482 g/mol. The summed E-state index contributed by atoms with van der Waals surface area (Å²) in [5.41, 5.74) is 3.63. The summed E-state index contributed by atoms with van der Waals surface area (Å²) in [6, 6.07) is 13.2. The van der Waals surface area contributed by atoms with Crippen molar-refractivity contribution in [2.24, 2.45) is 12.1 Å². The lowest BCUT2D eigenvalue weighted by molar-refractivity contribution is -0.384. The SMILES string of the molecule is C/C(=N\Nc1nc2c(c(=O)[nH]c(=O)n2C)n1C[C@H](O)COc1ccccc1C)c1ccc([N+](=O)[O-])cc1. The number of benzene rings is 2. The van der Waals surface area contributed by atoms with Gasteiger partial charge in [-0.05, 0) is 43.2 Å². The minimum absolute atomic E-state index is 0.0478. The fourth-order valence-corrected chi connectivity index (χ4v) is 3.69. The zero-order valence-corrected chi connectivity index (χ0v) is 20.3. The van der Waals surface area contributed by atoms with Gasteiger partial charge in [-0.1, -0.05) is 18.2 Å². The van der Waals surface area contributed by atoms with Crippen molar-refractivity contribution in [2.75, 3.05) is 12.0 Å². The van der Waals surface area contributed by atoms with E-state index >= 15 is 0 Å². The number of aromatic amines is 1. The number of nitrogens with zero attached hydrogens (tertiary/aromatic N) is 5. The maximum Gasteiger partial charge on any atom is 0.329 e. The molecule has 4 rings (SSSR count). The van der Waals surface area contributed by atoms with Crippen molar-refractivity contribution < 1.29 is 14.8 Å². The Morgan fingerprint density at radius 1 is 1.24 bits per heavy atom. The third-order valence-corrected chi connectivity index (χ3v) is 5.74. The van der Waals surface area contributed by atoms with Gasteiger partial charge in [0.25, 0.3) is 11.2 Å². The number of para-hydroxylation sites is 1. The molecule has 0 saturated carbocycles. The van der Waals surface area contributed by atoms with Crippen molar-refractivity contribution in [1.29, 1.82) is 0 Å². The molecule has 0 aliphatic heterocycles. The number of aromatic nitrogens is 4. The van der Waals surface area contributed by atoms with E-state index in [-0.39, 0.29) is 36.0 Å². The number of fused-ring (bicyclic) bond motifs is 1. The van der Waals surface area contributed by atoms with E-state index in [1.165, 1.54) is 28.3 Å². The van der Waals surface area contributed by atoms with Crippen LogP contribution >= 0.6 is 0 Å². The molecule has 0 radical (unpaired) electrons. The Morgan fingerprint density at radius 2 is 1.95 bits per heavy atom. The molecule has 2 aromatic carbocycles. The van der Waals surface area contributed by atoms with Gasteiger partial charge in [-0.2, -0.15) is 10.1 Å². The van der Waals surface area contributed by atoms with Gasteiger partial charge in [-0.15, -0.1) is 0 Å². The summed E-state index contributed by atoms with van der Waals surface area (Å²) in [5.74, 6) is 0.733. The average Bonchev–Trinajstić information content (AvgIpc) is 3.24. The fourth-order valence-electron chi connectivity index (χ4n) is 3.69. The van der Waals surface area contributed by atoms with Crippen LogP contribution < -0.4 is 21.4 Å². The van der Waals surface area contributed by atoms with E-state index < -0.39 is 22.3 Å². The molecular formula is C24H25N7O6. The summed E-state index contributed by atoms with van der Waals surface area (Å²) in [4.78, 5) is 41.8. The molecule has 192 valence electrons. The number of hydrazone groups is 1. The Labute approximate surface area is 209 Å². The summed E-state index contributed by atoms with van der Waals surface area (Å²) >= 11 is 0. The lowest BCUT2D eigenvalue weighted by Gasteiger charge is -2.16. The topological polar surface area (TPSA) is 170 Å². The number of aryl methyl sites for hydroxylation is 2. The predicted octanol–water partition coefficient (Wildman–Crippen LogP) is 1.92. The van der Waals surface area contributed by atoms with Crippen LogP contribution in [0.2, 0.25) is 0 Å². The summed E-state index contributed by atoms with van der Waals surface area (Å²) in [6.07, 6.45) is -1.03. The van der Waals surface area contributed by atoms with Crippen molar-refractivity contribution in [3.63, 3.8) is 0 Å². The normalized spacial score (nSPS) is 12.5. The van der Waals surface area contributed by atoms with Crippen molar-refractivity contribution in [1.82, 2.24) is 19.1 Å². The van der Waals surface area contributed by atoms with Crippen LogP contribution in [0.15, 0.2) is 63.2 Å². The Hall–Kier alpha value is -4.78. The number of hydrogen-bond donors (Lipinski definition) is 3. The first-order valence-electron chi connectivity index (χ1n) is 11.3. The largest absolute Gasteiger partial charge is 0.491 e. The molecule has 0 spiro atoms. The summed E-state index contributed by atoms with van der Waals surface area (Å²) < 4.78 is 8.34. The van der Waals surface area contributed by atoms with Crippen LogP contribution in [0.1, 0.15) is 18.1 Å². The number of aliphatic hydroxyl groups excluding tert-OH is 1. The first-order valence-corrected chi connectivity index (χ1v) is 11.3. The highest BCUT2D eigenvalue weighted by Gasteiger charge is 2.20. The number of rotatable bonds is 9. The quantitative estimate of drug-likeness (QED) is 0.175. The number of anilines is 1. The van der Waals surface area contributed by atoms with Gasteiger partial charge in [0.05, 0.1) is 17.2 Å². The highest BCUT2D eigenvalue weighted by Crippen LogP contribution is 2.19. The Bertz CT molecular complexity index is 1600. The van der Waals surface area contributed by atoms with Gasteiger partial charge in [0.15, 0.2) is 11.2 Å². The molecule has 0 saturated heterocycles. The molecule has 0 aliphatic carbocycles. The molecule has 0 bridgehead atoms. The third-order valence-electron chi connectivity index (χ3n) is 5.74. The van der Waals surface area contributed by atoms with Crippen LogP contribution in [0.3, 0.4) is 0 Å². The number of hydrogen-bond acceptors (Lipinski definition) is 9. The zero-order valence-electron chi connectivity index (χ0n) is 20.3. The Balaban J connectivity index is 1.64. The van der Waals surface area contributed by atoms with Gasteiger partial charge in [0.2, 0.25) is 5.95 Å². The molecule has 2 aromatic heterocycles. The van der Waals surface area contributed by atoms with Crippen LogP contribution in [0.25, 0.3) is 11.2 Å². The number of imidazole rings is 1. The molecule has 13 nitrogen and oxygen atoms in total. The van der Waals surface area contributed by atoms with Gasteiger partial charge >= 0.3 is 5.69 Å². The maximum atomic E-state index is 12.7. The van der Waals surface area contributed by atoms with E-state index in [0.29, 0.717) is 17.0 Å². The highest BCUT2D eigenvalue weighted by molar-refractivity contribution is 5.99. The highest BCUT2D eigenvalue weighted by atomic mass is 16.6. The zero-order chi connectivity index (χ0) is 26.7. The smallest absolute Gasteiger partial charge is 0.329 e. The monoisotopic (exact) mass is 507 g/mol. The second kappa shape index (κ2) is 10.5. The lowest BCUT2D eigenvalue weighted by atomic mass is 10.1. The van der Waals surface area contributed by atoms with Gasteiger partial charge in [-0.3, -0.25) is 24.5 Å². The summed E-state index contributed by atoms with van der Waals surface area (Å²) in [6.45, 7) is 3.43. The second-order valence-corrected chi connectivity index (χ2v) is 8.38. The van der Waals surface area contributed by atoms with E-state index in [0.717, 1.165) is 5.56 Å². The van der Waals surface area contributed by atoms with Gasteiger partial charge in [0, 0.05) is 19.2 Å². The van der Waals surface area contributed by atoms with Crippen molar-refractivity contribution in [3.8, 4) is 5.75 Å². The maximum absolute atomic E-state index is 12.7. The van der Waals surface area contributed by atoms with Gasteiger partial charge in [0.1, 0.15) is 18.5 Å². The number of nitro benzene ring substituents is 1. The van der Waals surface area contributed by atoms with Gasteiger partial charge in [-0.25, -0.2) is 10.2 Å². The molecule has 0 aliphatic rings. The number of non-ortho nitro benzene ring substituents is 1. The standard InChI is InChI=1S/C24H25N7O6/c1-14-6-4-5-7-19(14)37-13-18(32)12-30-20-21(29(3)24(34)26-22(20)33)25-23(30)28-27-15(2)16-8-10-17(11-9-16)31(35)36/h4-11,18,32H,12-13H2,1-3H3,(H,25,28)(H,26,33,34)/b27-15+/t18-/m0/s1. The van der Waals surface area contributed by atoms with Crippen LogP contribution in [-0.4, -0.2) is 47.6 Å². The number of nitrogens with one attached hydrogen (secondary N) is 2. The fraction of sp³-hybridized carbons (Fsp3) is 0.250. The Morgan fingerprint density at radius 3 is 2.62 bits per heavy atom. The first-order chi connectivity index (χ1) is 17.7. The van der Waals surface area contributed by atoms with E-state index in [1.54, 1.807) is 25.1 Å². The molecule has 1 atom stereocenters. The average molecular weight is 508 g/mol. The van der Waals surface area contributed by atoms with Gasteiger partial charge < -0.3 is 14.4 Å². The van der Waals surface area contributed by atoms with E-state index in [2.05, 4.69) is 20.5 Å². The van der Waals surface area contributed by atoms with Crippen molar-refractivity contribution >= 4 is 28.5 Å². The van der Waals surface area contributed by atoms with Crippen LogP contribution in [0, 0.1) is 17.0 Å². The lowest BCUT2D eigenvalue weighted by Crippen LogP contribution is -2.30. The molecule has 3 N–H and O–H groups in total. The summed E-state index contributed by atoms with van der Waals surface area (Å²) in [5, 5.41) is 25.9. The molecule has 0 amide bonds. The van der Waals surface area contributed by atoms with Crippen molar-refractivity contribution in [2.45, 2.75) is 26.5 Å². The molecule has 37 heavy (non-hydrogen) atoms. The van der Waals surface area contributed by atoms with E-state index in [4.69, 9.17) is 4.74 Å². The molecule has 0 fully saturated rings. The van der Waals surface area contributed by atoms with Crippen LogP contribution in [0.4, 0.5) is 11.6 Å². The molecule has 13 heteroatoms. The predicted molar refractivity (Wildman–Crippen MR) is 137 cm³/mol.